The Bertz CT molecular complexity index is 1440. The van der Waals surface area contributed by atoms with Crippen LogP contribution in [-0.4, -0.2) is 52.8 Å². The van der Waals surface area contributed by atoms with Crippen molar-refractivity contribution in [2.75, 3.05) is 18.5 Å². The van der Waals surface area contributed by atoms with Crippen molar-refractivity contribution in [3.8, 4) is 5.75 Å². The Labute approximate surface area is 246 Å². The summed E-state index contributed by atoms with van der Waals surface area (Å²) in [7, 11) is 1.10. The number of aromatic nitrogens is 2. The molecule has 2 heterocycles. The summed E-state index contributed by atoms with van der Waals surface area (Å²) in [5, 5.41) is 1.11. The molecule has 0 saturated heterocycles. The number of halogens is 11. The molecule has 0 bridgehead atoms. The SMILES string of the molecule is Cc1nc2c(OCc3c(Cl)ccc(N(C)C(=O)CNC(=O)C(F)(F)C(F)(F)C(F)(F)F)c3Cl)cccn2c1Br.Cl. The van der Waals surface area contributed by atoms with Crippen LogP contribution in [0.1, 0.15) is 11.3 Å². The number of benzene rings is 1. The van der Waals surface area contributed by atoms with Gasteiger partial charge in [0.2, 0.25) is 5.91 Å². The Hall–Kier alpha value is -2.49. The van der Waals surface area contributed by atoms with Crippen molar-refractivity contribution >= 4 is 74.7 Å². The number of hydrogen-bond donors (Lipinski definition) is 1. The minimum absolute atomic E-state index is 0. The summed E-state index contributed by atoms with van der Waals surface area (Å²) in [6.07, 6.45) is -4.96. The molecule has 0 saturated carbocycles. The van der Waals surface area contributed by atoms with E-state index in [-0.39, 0.29) is 40.3 Å². The number of imidazole rings is 1. The monoisotopic (exact) mass is 702 g/mol. The van der Waals surface area contributed by atoms with Gasteiger partial charge in [-0.3, -0.25) is 14.0 Å². The second-order valence-corrected chi connectivity index (χ2v) is 9.52. The molecule has 1 N–H and O–H groups in total. The fourth-order valence-corrected chi connectivity index (χ4v) is 4.19. The lowest BCUT2D eigenvalue weighted by Gasteiger charge is -2.27. The molecule has 2 aromatic heterocycles. The van der Waals surface area contributed by atoms with Gasteiger partial charge in [0.05, 0.1) is 22.9 Å². The summed E-state index contributed by atoms with van der Waals surface area (Å²) in [4.78, 5) is 29.0. The summed E-state index contributed by atoms with van der Waals surface area (Å²) < 4.78 is 98.3. The lowest BCUT2D eigenvalue weighted by atomic mass is 10.1. The first-order valence-electron chi connectivity index (χ1n) is 10.5. The summed E-state index contributed by atoms with van der Waals surface area (Å²) >= 11 is 16.0. The average Bonchev–Trinajstić information content (AvgIpc) is 3.15. The molecule has 0 fully saturated rings. The minimum Gasteiger partial charge on any atom is -0.485 e. The molecule has 220 valence electrons. The molecule has 3 aromatic rings. The summed E-state index contributed by atoms with van der Waals surface area (Å²) in [5.74, 6) is -16.6. The van der Waals surface area contributed by atoms with Crippen molar-refractivity contribution in [1.82, 2.24) is 14.7 Å². The van der Waals surface area contributed by atoms with Gasteiger partial charge in [0.15, 0.2) is 11.4 Å². The van der Waals surface area contributed by atoms with Crippen LogP contribution in [0.2, 0.25) is 10.0 Å². The van der Waals surface area contributed by atoms with E-state index >= 15 is 0 Å². The number of aryl methyl sites for hydroxylation is 1. The predicted molar refractivity (Wildman–Crippen MR) is 138 cm³/mol. The lowest BCUT2D eigenvalue weighted by molar-refractivity contribution is -0.344. The van der Waals surface area contributed by atoms with E-state index in [0.29, 0.717) is 21.7 Å². The normalized spacial score (nSPS) is 12.2. The van der Waals surface area contributed by atoms with Crippen LogP contribution in [0.3, 0.4) is 0 Å². The van der Waals surface area contributed by atoms with Crippen LogP contribution in [0.25, 0.3) is 5.65 Å². The molecular formula is C22H17BrCl3F7N4O3. The Morgan fingerprint density at radius 3 is 2.35 bits per heavy atom. The zero-order valence-corrected chi connectivity index (χ0v) is 24.0. The van der Waals surface area contributed by atoms with Gasteiger partial charge in [0.25, 0.3) is 5.91 Å². The van der Waals surface area contributed by atoms with E-state index in [0.717, 1.165) is 17.3 Å². The van der Waals surface area contributed by atoms with Crippen molar-refractivity contribution < 1.29 is 45.1 Å². The van der Waals surface area contributed by atoms with Crippen molar-refractivity contribution in [3.05, 3.63) is 56.4 Å². The summed E-state index contributed by atoms with van der Waals surface area (Å²) in [5.41, 5.74) is 1.31. The number of amides is 2. The van der Waals surface area contributed by atoms with Crippen molar-refractivity contribution in [2.24, 2.45) is 0 Å². The number of anilines is 1. The van der Waals surface area contributed by atoms with Crippen LogP contribution >= 0.6 is 51.5 Å². The van der Waals surface area contributed by atoms with Crippen molar-refractivity contribution in [1.29, 1.82) is 0 Å². The zero-order chi connectivity index (χ0) is 29.5. The van der Waals surface area contributed by atoms with Gasteiger partial charge in [0.1, 0.15) is 11.2 Å². The van der Waals surface area contributed by atoms with E-state index in [2.05, 4.69) is 20.9 Å². The van der Waals surface area contributed by atoms with Gasteiger partial charge in [-0.15, -0.1) is 12.4 Å². The Morgan fingerprint density at radius 2 is 1.75 bits per heavy atom. The smallest absolute Gasteiger partial charge is 0.460 e. The molecular weight excluding hydrogens is 688 g/mol. The van der Waals surface area contributed by atoms with Gasteiger partial charge in [-0.05, 0) is 47.1 Å². The third-order valence-electron chi connectivity index (χ3n) is 5.42. The van der Waals surface area contributed by atoms with Gasteiger partial charge in [-0.1, -0.05) is 23.2 Å². The number of nitrogens with one attached hydrogen (secondary N) is 1. The average molecular weight is 705 g/mol. The maximum Gasteiger partial charge on any atom is 0.460 e. The van der Waals surface area contributed by atoms with E-state index in [1.54, 1.807) is 29.7 Å². The third kappa shape index (κ3) is 6.21. The molecule has 0 aliphatic carbocycles. The van der Waals surface area contributed by atoms with Crippen LogP contribution in [0.5, 0.6) is 5.75 Å². The third-order valence-corrected chi connectivity index (χ3v) is 7.16. The highest BCUT2D eigenvalue weighted by molar-refractivity contribution is 9.10. The molecule has 0 atom stereocenters. The molecule has 0 aliphatic heterocycles. The Balaban J connectivity index is 0.00000560. The number of likely N-dealkylation sites (N-methyl/N-ethyl adjacent to an activating group) is 1. The fraction of sp³-hybridized carbons (Fsp3) is 0.318. The van der Waals surface area contributed by atoms with E-state index in [9.17, 15) is 40.3 Å². The fourth-order valence-electron chi connectivity index (χ4n) is 3.21. The first-order valence-corrected chi connectivity index (χ1v) is 12.1. The first-order chi connectivity index (χ1) is 17.9. The van der Waals surface area contributed by atoms with Crippen LogP contribution < -0.4 is 15.0 Å². The number of hydrogen-bond acceptors (Lipinski definition) is 4. The largest absolute Gasteiger partial charge is 0.485 e. The predicted octanol–water partition coefficient (Wildman–Crippen LogP) is 6.62. The van der Waals surface area contributed by atoms with Crippen molar-refractivity contribution in [2.45, 2.75) is 31.6 Å². The van der Waals surface area contributed by atoms with Crippen LogP contribution in [0.15, 0.2) is 35.1 Å². The molecule has 40 heavy (non-hydrogen) atoms. The van der Waals surface area contributed by atoms with Gasteiger partial charge < -0.3 is 15.0 Å². The highest BCUT2D eigenvalue weighted by atomic mass is 79.9. The highest BCUT2D eigenvalue weighted by Crippen LogP contribution is 2.46. The topological polar surface area (TPSA) is 75.9 Å². The number of carbonyl (C=O) groups excluding carboxylic acids is 2. The molecule has 1 aromatic carbocycles. The number of carbonyl (C=O) groups is 2. The van der Waals surface area contributed by atoms with E-state index in [1.165, 1.54) is 12.1 Å². The van der Waals surface area contributed by atoms with Gasteiger partial charge in [-0.25, -0.2) is 4.98 Å². The first kappa shape index (κ1) is 33.7. The maximum absolute atomic E-state index is 13.5. The van der Waals surface area contributed by atoms with Gasteiger partial charge in [-0.2, -0.15) is 30.7 Å². The van der Waals surface area contributed by atoms with E-state index in [1.807, 2.05) is 0 Å². The molecule has 18 heteroatoms. The minimum atomic E-state index is -6.71. The van der Waals surface area contributed by atoms with Gasteiger partial charge >= 0.3 is 18.0 Å². The number of rotatable bonds is 8. The van der Waals surface area contributed by atoms with Crippen LogP contribution in [0, 0.1) is 6.92 Å². The number of ether oxygens (including phenoxy) is 1. The molecule has 3 rings (SSSR count). The second kappa shape index (κ2) is 12.2. The second-order valence-electron chi connectivity index (χ2n) is 7.98. The summed E-state index contributed by atoms with van der Waals surface area (Å²) in [6.45, 7) is 0.211. The quantitative estimate of drug-likeness (QED) is 0.268. The molecule has 0 unspecified atom stereocenters. The number of pyridine rings is 1. The standard InChI is InChI=1S/C22H16BrCl2F7N4O3.ClH/c1-10-17(23)36-7-3-4-14(18(36)34-10)39-9-11-12(24)5-6-13(16(11)25)35(2)15(37)8-33-19(38)20(26,27)21(28,29)22(30,31)32;/h3-7H,8-9H2,1-2H3,(H,33,38);1H. The highest BCUT2D eigenvalue weighted by Gasteiger charge is 2.76. The van der Waals surface area contributed by atoms with Crippen LogP contribution in [-0.2, 0) is 16.2 Å². The molecule has 0 radical (unpaired) electrons. The molecule has 7 nitrogen and oxygen atoms in total. The molecule has 0 spiro atoms. The van der Waals surface area contributed by atoms with Gasteiger partial charge in [0, 0.05) is 23.8 Å². The lowest BCUT2D eigenvalue weighted by Crippen LogP contribution is -2.60. The Kier molecular flexibility index (Phi) is 10.3. The number of fused-ring (bicyclic) bond motifs is 1. The van der Waals surface area contributed by atoms with Crippen molar-refractivity contribution in [3.63, 3.8) is 0 Å². The number of nitrogens with zero attached hydrogens (tertiary/aromatic N) is 3. The Morgan fingerprint density at radius 1 is 1.12 bits per heavy atom. The van der Waals surface area contributed by atoms with Crippen LogP contribution in [0.4, 0.5) is 36.4 Å². The van der Waals surface area contributed by atoms with E-state index < -0.39 is 36.4 Å². The molecule has 2 amide bonds. The van der Waals surface area contributed by atoms with E-state index in [4.69, 9.17) is 27.9 Å². The molecule has 0 aliphatic rings. The summed E-state index contributed by atoms with van der Waals surface area (Å²) in [6, 6.07) is 5.92. The maximum atomic E-state index is 13.5. The number of alkyl halides is 7. The zero-order valence-electron chi connectivity index (χ0n) is 20.1.